The Bertz CT molecular complexity index is 187. The summed E-state index contributed by atoms with van der Waals surface area (Å²) in [7, 11) is 0. The Hall–Kier alpha value is -0.0400. The Morgan fingerprint density at radius 1 is 1.00 bits per heavy atom. The zero-order valence-corrected chi connectivity index (χ0v) is 9.40. The van der Waals surface area contributed by atoms with Gasteiger partial charge in [0.2, 0.25) is 0 Å². The van der Waals surface area contributed by atoms with Crippen molar-refractivity contribution in [2.24, 2.45) is 10.8 Å². The predicted molar refractivity (Wildman–Crippen MR) is 56.8 cm³/mol. The first kappa shape index (κ1) is 9.51. The van der Waals surface area contributed by atoms with Crippen LogP contribution in [0.3, 0.4) is 0 Å². The largest absolute Gasteiger partial charge is 0.304 e. The van der Waals surface area contributed by atoms with Crippen LogP contribution in [-0.2, 0) is 0 Å². The van der Waals surface area contributed by atoms with E-state index in [0.717, 1.165) is 5.41 Å². The fraction of sp³-hybridized carbons (Fsp3) is 1.00. The van der Waals surface area contributed by atoms with E-state index in [4.69, 9.17) is 0 Å². The third kappa shape index (κ3) is 1.32. The van der Waals surface area contributed by atoms with E-state index in [1.165, 1.54) is 45.3 Å². The van der Waals surface area contributed by atoms with Crippen molar-refractivity contribution in [3.05, 3.63) is 0 Å². The lowest BCUT2D eigenvalue weighted by molar-refractivity contribution is -0.0949. The Kier molecular flexibility index (Phi) is 2.18. The van der Waals surface area contributed by atoms with Crippen LogP contribution in [0.15, 0.2) is 0 Å². The molecule has 2 rings (SSSR count). The molecule has 1 saturated carbocycles. The minimum Gasteiger partial charge on any atom is -0.304 e. The van der Waals surface area contributed by atoms with Gasteiger partial charge in [0, 0.05) is 0 Å². The second kappa shape index (κ2) is 2.98. The predicted octanol–water partition coefficient (Wildman–Crippen LogP) is 2.91. The van der Waals surface area contributed by atoms with Crippen LogP contribution in [0.5, 0.6) is 0 Å². The highest BCUT2D eigenvalue weighted by atomic mass is 15.1. The summed E-state index contributed by atoms with van der Waals surface area (Å²) in [5.74, 6) is 0. The lowest BCUT2D eigenvalue weighted by Gasteiger charge is -2.60. The molecule has 13 heavy (non-hydrogen) atoms. The van der Waals surface area contributed by atoms with Gasteiger partial charge in [-0.15, -0.1) is 0 Å². The maximum absolute atomic E-state index is 2.60. The SMILES string of the molecule is CCN1CCC2(CC1)CCC2(C)C. The molecule has 0 N–H and O–H groups in total. The molecule has 1 heterocycles. The molecule has 1 nitrogen and oxygen atoms in total. The lowest BCUT2D eigenvalue weighted by atomic mass is 9.48. The van der Waals surface area contributed by atoms with E-state index < -0.39 is 0 Å². The first-order valence-electron chi connectivity index (χ1n) is 5.82. The Morgan fingerprint density at radius 3 is 1.92 bits per heavy atom. The van der Waals surface area contributed by atoms with Crippen molar-refractivity contribution < 1.29 is 0 Å². The Balaban J connectivity index is 1.97. The van der Waals surface area contributed by atoms with Crippen LogP contribution in [0.2, 0.25) is 0 Å². The molecule has 0 aromatic rings. The molecule has 76 valence electrons. The maximum atomic E-state index is 2.60. The molecule has 1 spiro atoms. The second-order valence-electron chi connectivity index (χ2n) is 5.60. The molecule has 1 heteroatoms. The first-order valence-corrected chi connectivity index (χ1v) is 5.82. The van der Waals surface area contributed by atoms with Gasteiger partial charge in [-0.25, -0.2) is 0 Å². The van der Waals surface area contributed by atoms with Gasteiger partial charge in [0.1, 0.15) is 0 Å². The summed E-state index contributed by atoms with van der Waals surface area (Å²) >= 11 is 0. The van der Waals surface area contributed by atoms with Crippen molar-refractivity contribution >= 4 is 0 Å². The summed E-state index contributed by atoms with van der Waals surface area (Å²) in [6, 6.07) is 0. The monoisotopic (exact) mass is 181 g/mol. The fourth-order valence-corrected chi connectivity index (χ4v) is 3.20. The summed E-state index contributed by atoms with van der Waals surface area (Å²) in [6.45, 7) is 11.2. The van der Waals surface area contributed by atoms with Crippen LogP contribution in [0, 0.1) is 10.8 Å². The quantitative estimate of drug-likeness (QED) is 0.601. The van der Waals surface area contributed by atoms with Crippen LogP contribution in [-0.4, -0.2) is 24.5 Å². The third-order valence-electron chi connectivity index (χ3n) is 4.92. The second-order valence-corrected chi connectivity index (χ2v) is 5.60. The van der Waals surface area contributed by atoms with E-state index in [1.807, 2.05) is 0 Å². The van der Waals surface area contributed by atoms with E-state index in [-0.39, 0.29) is 0 Å². The molecule has 1 saturated heterocycles. The molecule has 0 unspecified atom stereocenters. The van der Waals surface area contributed by atoms with Gasteiger partial charge in [-0.3, -0.25) is 0 Å². The molecule has 2 aliphatic rings. The Morgan fingerprint density at radius 2 is 1.62 bits per heavy atom. The van der Waals surface area contributed by atoms with Crippen LogP contribution in [0.1, 0.15) is 46.5 Å². The number of piperidine rings is 1. The lowest BCUT2D eigenvalue weighted by Crippen LogP contribution is -2.53. The molecule has 1 aliphatic heterocycles. The highest BCUT2D eigenvalue weighted by molar-refractivity contribution is 5.03. The molecule has 0 bridgehead atoms. The zero-order chi connectivity index (χ0) is 9.53. The van der Waals surface area contributed by atoms with Gasteiger partial charge in [-0.2, -0.15) is 0 Å². The van der Waals surface area contributed by atoms with Gasteiger partial charge in [0.25, 0.3) is 0 Å². The van der Waals surface area contributed by atoms with Crippen LogP contribution in [0.25, 0.3) is 0 Å². The molecular formula is C12H23N. The number of likely N-dealkylation sites (tertiary alicyclic amines) is 1. The minimum atomic E-state index is 0.646. The number of rotatable bonds is 1. The van der Waals surface area contributed by atoms with Crippen molar-refractivity contribution in [3.63, 3.8) is 0 Å². The third-order valence-corrected chi connectivity index (χ3v) is 4.92. The molecule has 0 amide bonds. The van der Waals surface area contributed by atoms with Gasteiger partial charge >= 0.3 is 0 Å². The van der Waals surface area contributed by atoms with E-state index in [1.54, 1.807) is 0 Å². The molecule has 1 aliphatic carbocycles. The maximum Gasteiger partial charge on any atom is -0.00133 e. The summed E-state index contributed by atoms with van der Waals surface area (Å²) in [6.07, 6.45) is 5.86. The van der Waals surface area contributed by atoms with Crippen LogP contribution in [0.4, 0.5) is 0 Å². The highest BCUT2D eigenvalue weighted by Gasteiger charge is 2.53. The van der Waals surface area contributed by atoms with Gasteiger partial charge in [0.05, 0.1) is 0 Å². The molecule has 0 radical (unpaired) electrons. The normalized spacial score (nSPS) is 31.6. The Labute approximate surface area is 82.5 Å². The zero-order valence-electron chi connectivity index (χ0n) is 9.40. The van der Waals surface area contributed by atoms with Crippen molar-refractivity contribution in [2.75, 3.05) is 19.6 Å². The first-order chi connectivity index (χ1) is 6.10. The molecule has 0 aromatic heterocycles. The van der Waals surface area contributed by atoms with Gasteiger partial charge < -0.3 is 4.90 Å². The summed E-state index contributed by atoms with van der Waals surface area (Å²) in [5.41, 5.74) is 1.38. The molecule has 0 aromatic carbocycles. The molecular weight excluding hydrogens is 158 g/mol. The van der Waals surface area contributed by atoms with E-state index in [0.29, 0.717) is 5.41 Å². The smallest absolute Gasteiger partial charge is 0.00133 e. The minimum absolute atomic E-state index is 0.646. The van der Waals surface area contributed by atoms with Gasteiger partial charge in [-0.05, 0) is 56.1 Å². The summed E-state index contributed by atoms with van der Waals surface area (Å²) in [4.78, 5) is 2.60. The topological polar surface area (TPSA) is 3.24 Å². The van der Waals surface area contributed by atoms with E-state index in [2.05, 4.69) is 25.7 Å². The van der Waals surface area contributed by atoms with Gasteiger partial charge in [0.15, 0.2) is 0 Å². The summed E-state index contributed by atoms with van der Waals surface area (Å²) < 4.78 is 0. The van der Waals surface area contributed by atoms with Crippen molar-refractivity contribution in [1.29, 1.82) is 0 Å². The van der Waals surface area contributed by atoms with E-state index in [9.17, 15) is 0 Å². The molecule has 0 atom stereocenters. The van der Waals surface area contributed by atoms with E-state index >= 15 is 0 Å². The van der Waals surface area contributed by atoms with Crippen molar-refractivity contribution in [2.45, 2.75) is 46.5 Å². The van der Waals surface area contributed by atoms with Crippen LogP contribution >= 0.6 is 0 Å². The average molecular weight is 181 g/mol. The highest BCUT2D eigenvalue weighted by Crippen LogP contribution is 2.61. The fourth-order valence-electron chi connectivity index (χ4n) is 3.20. The van der Waals surface area contributed by atoms with Crippen LogP contribution < -0.4 is 0 Å². The number of hydrogen-bond donors (Lipinski definition) is 0. The molecule has 2 fully saturated rings. The van der Waals surface area contributed by atoms with Crippen molar-refractivity contribution in [1.82, 2.24) is 4.90 Å². The van der Waals surface area contributed by atoms with Gasteiger partial charge in [-0.1, -0.05) is 20.8 Å². The standard InChI is InChI=1S/C12H23N/c1-4-13-9-7-12(8-10-13)6-5-11(12,2)3/h4-10H2,1-3H3. The average Bonchev–Trinajstić information content (AvgIpc) is 2.16. The number of hydrogen-bond acceptors (Lipinski definition) is 1. The number of nitrogens with zero attached hydrogens (tertiary/aromatic N) is 1. The summed E-state index contributed by atoms with van der Waals surface area (Å²) in [5, 5.41) is 0. The van der Waals surface area contributed by atoms with Crippen molar-refractivity contribution in [3.8, 4) is 0 Å².